The lowest BCUT2D eigenvalue weighted by atomic mass is 9.79. The maximum atomic E-state index is 5.97. The number of rotatable bonds is 3. The van der Waals surface area contributed by atoms with Crippen LogP contribution in [-0.4, -0.2) is 34.7 Å². The fourth-order valence-electron chi connectivity index (χ4n) is 3.94. The van der Waals surface area contributed by atoms with Gasteiger partial charge in [0.15, 0.2) is 5.76 Å². The predicted molar refractivity (Wildman–Crippen MR) is 89.3 cm³/mol. The van der Waals surface area contributed by atoms with Crippen LogP contribution in [0.3, 0.4) is 0 Å². The summed E-state index contributed by atoms with van der Waals surface area (Å²) >= 11 is 0. The van der Waals surface area contributed by atoms with E-state index in [2.05, 4.69) is 15.1 Å². The van der Waals surface area contributed by atoms with Gasteiger partial charge in [0.05, 0.1) is 5.92 Å². The smallest absolute Gasteiger partial charge is 0.283 e. The lowest BCUT2D eigenvalue weighted by Crippen LogP contribution is -2.46. The highest BCUT2D eigenvalue weighted by atomic mass is 16.4. The Morgan fingerprint density at radius 1 is 0.875 bits per heavy atom. The minimum atomic E-state index is 0.373. The van der Waals surface area contributed by atoms with Crippen molar-refractivity contribution in [2.75, 3.05) is 19.6 Å². The zero-order valence-corrected chi connectivity index (χ0v) is 13.4. The van der Waals surface area contributed by atoms with Crippen LogP contribution in [0, 0.1) is 5.92 Å². The zero-order valence-electron chi connectivity index (χ0n) is 13.4. The van der Waals surface area contributed by atoms with Crippen LogP contribution in [-0.2, 0) is 0 Å². The monoisotopic (exact) mass is 321 g/mol. The van der Waals surface area contributed by atoms with Crippen LogP contribution >= 0.6 is 0 Å². The molecular weight excluding hydrogens is 302 g/mol. The average molecular weight is 321 g/mol. The van der Waals surface area contributed by atoms with Crippen LogP contribution in [0.1, 0.15) is 24.7 Å². The van der Waals surface area contributed by atoms with Crippen molar-refractivity contribution >= 4 is 0 Å². The second kappa shape index (κ2) is 5.60. The molecule has 3 fully saturated rings. The first-order valence-electron chi connectivity index (χ1n) is 8.58. The molecular formula is C19H19N3O2. The van der Waals surface area contributed by atoms with Crippen molar-refractivity contribution in [2.24, 2.45) is 5.92 Å². The van der Waals surface area contributed by atoms with Gasteiger partial charge in [-0.15, -0.1) is 10.2 Å². The van der Waals surface area contributed by atoms with Crippen molar-refractivity contribution in [2.45, 2.75) is 18.8 Å². The summed E-state index contributed by atoms with van der Waals surface area (Å²) in [5.74, 6) is 3.74. The Bertz CT molecular complexity index is 831. The summed E-state index contributed by atoms with van der Waals surface area (Å²) < 4.78 is 11.9. The predicted octanol–water partition coefficient (Wildman–Crippen LogP) is 3.81. The van der Waals surface area contributed by atoms with E-state index in [-0.39, 0.29) is 0 Å². The molecule has 0 spiro atoms. The van der Waals surface area contributed by atoms with E-state index in [9.17, 15) is 0 Å². The minimum Gasteiger partial charge on any atom is -0.451 e. The van der Waals surface area contributed by atoms with Gasteiger partial charge in [-0.25, -0.2) is 0 Å². The summed E-state index contributed by atoms with van der Waals surface area (Å²) in [6.45, 7) is 3.46. The first kappa shape index (κ1) is 14.0. The summed E-state index contributed by atoms with van der Waals surface area (Å²) in [6, 6.07) is 13.9. The van der Waals surface area contributed by atoms with Crippen molar-refractivity contribution < 1.29 is 8.83 Å². The van der Waals surface area contributed by atoms with Gasteiger partial charge in [0.25, 0.3) is 5.89 Å². The number of aromatic nitrogens is 2. The van der Waals surface area contributed by atoms with Crippen molar-refractivity contribution in [1.82, 2.24) is 15.1 Å². The first-order valence-corrected chi connectivity index (χ1v) is 8.58. The fourth-order valence-corrected chi connectivity index (χ4v) is 3.94. The van der Waals surface area contributed by atoms with Crippen molar-refractivity contribution in [3.05, 3.63) is 48.4 Å². The van der Waals surface area contributed by atoms with E-state index >= 15 is 0 Å². The Kier molecular flexibility index (Phi) is 3.26. The number of nitrogens with zero attached hydrogens (tertiary/aromatic N) is 3. The van der Waals surface area contributed by atoms with E-state index < -0.39 is 0 Å². The number of furan rings is 1. The number of hydrogen-bond donors (Lipinski definition) is 0. The molecule has 1 atom stereocenters. The Balaban J connectivity index is 1.41. The first-order chi connectivity index (χ1) is 11.9. The standard InChI is InChI=1S/C19H19N3O2/c1-2-4-14(5-3-1)16-6-7-17(23-16)19-21-20-18(24-19)15-12-22-10-8-13(15)9-11-22/h1-7,13,15H,8-12H2. The number of piperidine rings is 3. The molecule has 5 heteroatoms. The van der Waals surface area contributed by atoms with Gasteiger partial charge in [-0.1, -0.05) is 30.3 Å². The van der Waals surface area contributed by atoms with Gasteiger partial charge in [-0.05, 0) is 44.0 Å². The van der Waals surface area contributed by atoms with E-state index in [1.807, 2.05) is 42.5 Å². The zero-order chi connectivity index (χ0) is 15.9. The summed E-state index contributed by atoms with van der Waals surface area (Å²) in [6.07, 6.45) is 2.47. The third-order valence-corrected chi connectivity index (χ3v) is 5.29. The Morgan fingerprint density at radius 2 is 1.67 bits per heavy atom. The lowest BCUT2D eigenvalue weighted by molar-refractivity contribution is 0.0758. The van der Waals surface area contributed by atoms with Crippen LogP contribution < -0.4 is 0 Å². The fraction of sp³-hybridized carbons (Fsp3) is 0.368. The molecule has 5 heterocycles. The molecule has 1 aromatic carbocycles. The highest BCUT2D eigenvalue weighted by molar-refractivity contribution is 5.60. The maximum Gasteiger partial charge on any atom is 0.283 e. The molecule has 3 aliphatic rings. The molecule has 2 bridgehead atoms. The van der Waals surface area contributed by atoms with E-state index in [4.69, 9.17) is 8.83 Å². The molecule has 3 aromatic rings. The van der Waals surface area contributed by atoms with Crippen molar-refractivity contribution in [3.8, 4) is 23.0 Å². The summed E-state index contributed by atoms with van der Waals surface area (Å²) in [4.78, 5) is 2.49. The van der Waals surface area contributed by atoms with Gasteiger partial charge >= 0.3 is 0 Å². The van der Waals surface area contributed by atoms with Gasteiger partial charge in [-0.3, -0.25) is 0 Å². The second-order valence-electron chi connectivity index (χ2n) is 6.72. The maximum absolute atomic E-state index is 5.97. The van der Waals surface area contributed by atoms with Crippen molar-refractivity contribution in [1.29, 1.82) is 0 Å². The summed E-state index contributed by atoms with van der Waals surface area (Å²) in [5.41, 5.74) is 1.04. The highest BCUT2D eigenvalue weighted by Gasteiger charge is 2.38. The Hall–Kier alpha value is -2.40. The summed E-state index contributed by atoms with van der Waals surface area (Å²) in [5, 5.41) is 8.54. The molecule has 0 radical (unpaired) electrons. The van der Waals surface area contributed by atoms with Gasteiger partial charge < -0.3 is 13.7 Å². The molecule has 3 saturated heterocycles. The molecule has 5 nitrogen and oxygen atoms in total. The van der Waals surface area contributed by atoms with E-state index in [0.717, 1.165) is 23.8 Å². The third kappa shape index (κ3) is 2.36. The van der Waals surface area contributed by atoms with Crippen LogP contribution in [0.15, 0.2) is 51.3 Å². The van der Waals surface area contributed by atoms with Crippen LogP contribution in [0.4, 0.5) is 0 Å². The molecule has 2 aromatic heterocycles. The van der Waals surface area contributed by atoms with E-state index in [0.29, 0.717) is 23.5 Å². The van der Waals surface area contributed by atoms with Crippen LogP contribution in [0.5, 0.6) is 0 Å². The average Bonchev–Trinajstić information content (AvgIpc) is 3.33. The molecule has 1 unspecified atom stereocenters. The van der Waals surface area contributed by atoms with Crippen LogP contribution in [0.2, 0.25) is 0 Å². The van der Waals surface area contributed by atoms with Gasteiger partial charge in [0, 0.05) is 12.1 Å². The largest absolute Gasteiger partial charge is 0.451 e. The molecule has 0 saturated carbocycles. The highest BCUT2D eigenvalue weighted by Crippen LogP contribution is 2.39. The van der Waals surface area contributed by atoms with Crippen LogP contribution in [0.25, 0.3) is 23.0 Å². The lowest BCUT2D eigenvalue weighted by Gasteiger charge is -2.43. The molecule has 6 rings (SSSR count). The molecule has 0 N–H and O–H groups in total. The third-order valence-electron chi connectivity index (χ3n) is 5.29. The minimum absolute atomic E-state index is 0.373. The van der Waals surface area contributed by atoms with E-state index in [1.54, 1.807) is 0 Å². The SMILES string of the molecule is c1ccc(-c2ccc(-c3nnc(C4CN5CCC4CC5)o3)o2)cc1. The molecule has 24 heavy (non-hydrogen) atoms. The molecule has 0 aliphatic carbocycles. The second-order valence-corrected chi connectivity index (χ2v) is 6.72. The van der Waals surface area contributed by atoms with E-state index in [1.165, 1.54) is 25.9 Å². The summed E-state index contributed by atoms with van der Waals surface area (Å²) in [7, 11) is 0. The number of benzene rings is 1. The quantitative estimate of drug-likeness (QED) is 0.734. The van der Waals surface area contributed by atoms with Gasteiger partial charge in [-0.2, -0.15) is 0 Å². The van der Waals surface area contributed by atoms with Crippen molar-refractivity contribution in [3.63, 3.8) is 0 Å². The molecule has 0 amide bonds. The molecule has 3 aliphatic heterocycles. The number of fused-ring (bicyclic) bond motifs is 3. The Morgan fingerprint density at radius 3 is 2.42 bits per heavy atom. The van der Waals surface area contributed by atoms with Gasteiger partial charge in [0.2, 0.25) is 5.89 Å². The topological polar surface area (TPSA) is 55.3 Å². The number of hydrogen-bond acceptors (Lipinski definition) is 5. The Labute approximate surface area is 140 Å². The molecule has 122 valence electrons. The van der Waals surface area contributed by atoms with Gasteiger partial charge in [0.1, 0.15) is 5.76 Å². The normalized spacial score (nSPS) is 25.9.